The third-order valence-electron chi connectivity index (χ3n) is 5.34. The van der Waals surface area contributed by atoms with Gasteiger partial charge >= 0.3 is 0 Å². The zero-order valence-corrected chi connectivity index (χ0v) is 15.7. The van der Waals surface area contributed by atoms with Crippen molar-refractivity contribution in [3.8, 4) is 0 Å². The average molecular weight is 368 g/mol. The van der Waals surface area contributed by atoms with Crippen molar-refractivity contribution in [3.05, 3.63) is 66.2 Å². The highest BCUT2D eigenvalue weighted by Crippen LogP contribution is 2.39. The first kappa shape index (κ1) is 17.6. The summed E-state index contributed by atoms with van der Waals surface area (Å²) in [7, 11) is 0. The van der Waals surface area contributed by atoms with E-state index in [1.54, 1.807) is 11.8 Å². The van der Waals surface area contributed by atoms with Gasteiger partial charge in [-0.1, -0.05) is 61.4 Å². The zero-order valence-electron chi connectivity index (χ0n) is 14.9. The van der Waals surface area contributed by atoms with Gasteiger partial charge in [0.2, 0.25) is 5.91 Å². The number of nitrogens with zero attached hydrogens (tertiary/aromatic N) is 1. The number of carbonyl (C=O) groups is 1. The molecule has 3 nitrogen and oxygen atoms in total. The van der Waals surface area contributed by atoms with Crippen LogP contribution in [0, 0.1) is 0 Å². The van der Waals surface area contributed by atoms with Crippen LogP contribution in [0.4, 0.5) is 0 Å². The number of fused-ring (bicyclic) bond motifs is 1. The van der Waals surface area contributed by atoms with Gasteiger partial charge in [0, 0.05) is 11.4 Å². The van der Waals surface area contributed by atoms with Crippen molar-refractivity contribution in [2.24, 2.45) is 0 Å². The van der Waals surface area contributed by atoms with Crippen LogP contribution in [0.2, 0.25) is 0 Å². The van der Waals surface area contributed by atoms with Crippen LogP contribution in [0.25, 0.3) is 0 Å². The molecule has 4 heteroatoms. The molecule has 1 saturated heterocycles. The van der Waals surface area contributed by atoms with Crippen molar-refractivity contribution in [2.45, 2.75) is 48.0 Å². The summed E-state index contributed by atoms with van der Waals surface area (Å²) >= 11 is 1.65. The monoisotopic (exact) mass is 367 g/mol. The molecule has 2 aromatic carbocycles. The molecule has 2 aliphatic rings. The lowest BCUT2D eigenvalue weighted by Gasteiger charge is -2.44. The number of morpholine rings is 1. The number of thioether (sulfide) groups is 1. The van der Waals surface area contributed by atoms with E-state index in [0.29, 0.717) is 13.2 Å². The molecule has 136 valence electrons. The molecule has 26 heavy (non-hydrogen) atoms. The molecule has 1 saturated carbocycles. The molecule has 1 heterocycles. The van der Waals surface area contributed by atoms with Gasteiger partial charge in [-0.05, 0) is 30.5 Å². The molecule has 4 rings (SSSR count). The molecule has 0 aromatic heterocycles. The molecule has 1 aliphatic heterocycles. The lowest BCUT2D eigenvalue weighted by molar-refractivity contribution is -0.149. The predicted molar refractivity (Wildman–Crippen MR) is 105 cm³/mol. The largest absolute Gasteiger partial charge is 0.374 e. The van der Waals surface area contributed by atoms with Crippen molar-refractivity contribution in [1.82, 2.24) is 4.90 Å². The van der Waals surface area contributed by atoms with E-state index < -0.39 is 0 Å². The Kier molecular flexibility index (Phi) is 5.61. The average Bonchev–Trinajstić information content (AvgIpc) is 2.72. The number of rotatable bonds is 4. The van der Waals surface area contributed by atoms with Crippen LogP contribution < -0.4 is 0 Å². The fraction of sp³-hybridized carbons (Fsp3) is 0.409. The van der Waals surface area contributed by atoms with Gasteiger partial charge in [0.1, 0.15) is 5.25 Å². The Morgan fingerprint density at radius 2 is 1.69 bits per heavy atom. The Labute approximate surface area is 159 Å². The molecule has 1 amide bonds. The van der Waals surface area contributed by atoms with E-state index in [1.807, 2.05) is 36.4 Å². The fourth-order valence-corrected chi connectivity index (χ4v) is 5.16. The lowest BCUT2D eigenvalue weighted by atomic mass is 9.89. The minimum Gasteiger partial charge on any atom is -0.374 e. The first-order chi connectivity index (χ1) is 12.8. The maximum Gasteiger partial charge on any atom is 0.240 e. The molecule has 0 N–H and O–H groups in total. The van der Waals surface area contributed by atoms with Crippen LogP contribution in [0.1, 0.15) is 36.5 Å². The second-order valence-electron chi connectivity index (χ2n) is 7.01. The van der Waals surface area contributed by atoms with Gasteiger partial charge in [-0.15, -0.1) is 11.8 Å². The number of hydrogen-bond donors (Lipinski definition) is 0. The summed E-state index contributed by atoms with van der Waals surface area (Å²) < 4.78 is 5.97. The first-order valence-corrected chi connectivity index (χ1v) is 10.4. The molecule has 3 atom stereocenters. The van der Waals surface area contributed by atoms with E-state index in [2.05, 4.69) is 29.2 Å². The summed E-state index contributed by atoms with van der Waals surface area (Å²) in [5, 5.41) is -0.209. The number of ether oxygens (including phenoxy) is 1. The molecule has 2 aromatic rings. The smallest absolute Gasteiger partial charge is 0.240 e. The quantitative estimate of drug-likeness (QED) is 0.734. The summed E-state index contributed by atoms with van der Waals surface area (Å²) in [6.07, 6.45) is 4.77. The van der Waals surface area contributed by atoms with E-state index in [9.17, 15) is 4.79 Å². The minimum atomic E-state index is -0.209. The second kappa shape index (κ2) is 8.28. The molecular weight excluding hydrogens is 342 g/mol. The van der Waals surface area contributed by atoms with E-state index >= 15 is 0 Å². The third kappa shape index (κ3) is 3.81. The summed E-state index contributed by atoms with van der Waals surface area (Å²) in [4.78, 5) is 16.8. The minimum absolute atomic E-state index is 0.209. The lowest BCUT2D eigenvalue weighted by Crippen LogP contribution is -2.55. The Morgan fingerprint density at radius 1 is 1.00 bits per heavy atom. The molecule has 1 aliphatic carbocycles. The highest BCUT2D eigenvalue weighted by atomic mass is 32.2. The van der Waals surface area contributed by atoms with Crippen molar-refractivity contribution >= 4 is 17.7 Å². The number of carbonyl (C=O) groups excluding carboxylic acids is 1. The second-order valence-corrected chi connectivity index (χ2v) is 8.19. The Morgan fingerprint density at radius 3 is 2.46 bits per heavy atom. The molecule has 3 unspecified atom stereocenters. The molecule has 0 bridgehead atoms. The van der Waals surface area contributed by atoms with Crippen molar-refractivity contribution in [3.63, 3.8) is 0 Å². The van der Waals surface area contributed by atoms with Gasteiger partial charge in [0.15, 0.2) is 0 Å². The predicted octanol–water partition coefficient (Wildman–Crippen LogP) is 4.69. The van der Waals surface area contributed by atoms with Crippen LogP contribution >= 0.6 is 11.8 Å². The molecule has 0 radical (unpaired) electrons. The van der Waals surface area contributed by atoms with Crippen molar-refractivity contribution in [2.75, 3.05) is 13.2 Å². The normalized spacial score (nSPS) is 23.9. The van der Waals surface area contributed by atoms with Gasteiger partial charge < -0.3 is 9.64 Å². The van der Waals surface area contributed by atoms with Gasteiger partial charge in [-0.25, -0.2) is 0 Å². The highest BCUT2D eigenvalue weighted by molar-refractivity contribution is 8.00. The van der Waals surface area contributed by atoms with Crippen molar-refractivity contribution < 1.29 is 9.53 Å². The fourth-order valence-electron chi connectivity index (χ4n) is 4.04. The summed E-state index contributed by atoms with van der Waals surface area (Å²) in [6.45, 7) is 1.36. The molecule has 2 fully saturated rings. The summed E-state index contributed by atoms with van der Waals surface area (Å²) in [5.74, 6) is 0.227. The van der Waals surface area contributed by atoms with E-state index in [0.717, 1.165) is 23.3 Å². The third-order valence-corrected chi connectivity index (χ3v) is 6.59. The molecular formula is C22H25NO2S. The number of amides is 1. The topological polar surface area (TPSA) is 29.5 Å². The van der Waals surface area contributed by atoms with Gasteiger partial charge in [0.25, 0.3) is 0 Å². The number of benzene rings is 2. The standard InChI is InChI=1S/C22H25NO2S/c24-22(23-15-16-25-20-14-8-7-13-19(20)23)21(17-9-3-1-4-10-17)26-18-11-5-2-6-12-18/h1-6,9-12,19-21H,7-8,13-16H2. The van der Waals surface area contributed by atoms with Crippen LogP contribution in [-0.2, 0) is 9.53 Å². The van der Waals surface area contributed by atoms with E-state index in [4.69, 9.17) is 4.74 Å². The first-order valence-electron chi connectivity index (χ1n) is 9.51. The van der Waals surface area contributed by atoms with Crippen molar-refractivity contribution in [1.29, 1.82) is 0 Å². The summed E-state index contributed by atoms with van der Waals surface area (Å²) in [6, 6.07) is 20.6. The zero-order chi connectivity index (χ0) is 17.8. The Balaban J connectivity index is 1.61. The highest BCUT2D eigenvalue weighted by Gasteiger charge is 2.39. The SMILES string of the molecule is O=C(C(Sc1ccccc1)c1ccccc1)N1CCOC2CCCCC21. The Hall–Kier alpha value is -1.78. The van der Waals surface area contributed by atoms with Gasteiger partial charge in [-0.3, -0.25) is 4.79 Å². The van der Waals surface area contributed by atoms with Crippen LogP contribution in [0.15, 0.2) is 65.6 Å². The Bertz CT molecular complexity index is 719. The van der Waals surface area contributed by atoms with Crippen LogP contribution in [0.3, 0.4) is 0 Å². The van der Waals surface area contributed by atoms with Crippen LogP contribution in [0.5, 0.6) is 0 Å². The molecule has 0 spiro atoms. The van der Waals surface area contributed by atoms with Gasteiger partial charge in [0.05, 0.1) is 18.8 Å². The maximum atomic E-state index is 13.6. The maximum absolute atomic E-state index is 13.6. The van der Waals surface area contributed by atoms with E-state index in [-0.39, 0.29) is 23.3 Å². The van der Waals surface area contributed by atoms with Gasteiger partial charge in [-0.2, -0.15) is 0 Å². The summed E-state index contributed by atoms with van der Waals surface area (Å²) in [5.41, 5.74) is 1.07. The number of hydrogen-bond acceptors (Lipinski definition) is 3. The van der Waals surface area contributed by atoms with Crippen LogP contribution in [-0.4, -0.2) is 36.1 Å². The van der Waals surface area contributed by atoms with E-state index in [1.165, 1.54) is 12.8 Å².